The largest absolute Gasteiger partial charge is 0.493 e. The smallest absolute Gasteiger partial charge is 0.208 e. The second-order valence-electron chi connectivity index (χ2n) is 8.66. The van der Waals surface area contributed by atoms with Crippen LogP contribution in [0.5, 0.6) is 5.75 Å². The Kier molecular flexibility index (Phi) is 5.87. The Balaban J connectivity index is 1.52. The van der Waals surface area contributed by atoms with E-state index in [2.05, 4.69) is 15.3 Å². The summed E-state index contributed by atoms with van der Waals surface area (Å²) >= 11 is 6.45. The highest BCUT2D eigenvalue weighted by molar-refractivity contribution is 6.33. The van der Waals surface area contributed by atoms with Gasteiger partial charge in [0.25, 0.3) is 0 Å². The van der Waals surface area contributed by atoms with Crippen LogP contribution in [0.25, 0.3) is 16.8 Å². The minimum absolute atomic E-state index is 0.0336. The van der Waals surface area contributed by atoms with Crippen LogP contribution in [0.1, 0.15) is 22.4 Å². The third kappa shape index (κ3) is 3.97. The quantitative estimate of drug-likeness (QED) is 0.406. The molecule has 0 aliphatic carbocycles. The van der Waals surface area contributed by atoms with Crippen LogP contribution in [0, 0.1) is 18.6 Å². The molecule has 0 saturated carbocycles. The van der Waals surface area contributed by atoms with E-state index in [0.29, 0.717) is 53.4 Å². The fourth-order valence-corrected chi connectivity index (χ4v) is 4.64. The number of benzene rings is 2. The summed E-state index contributed by atoms with van der Waals surface area (Å²) in [5, 5.41) is 3.26. The zero-order valence-electron chi connectivity index (χ0n) is 19.1. The van der Waals surface area contributed by atoms with E-state index >= 15 is 0 Å². The van der Waals surface area contributed by atoms with E-state index < -0.39 is 5.82 Å². The highest BCUT2D eigenvalue weighted by Gasteiger charge is 2.21. The number of imidazole rings is 1. The summed E-state index contributed by atoms with van der Waals surface area (Å²) in [7, 11) is 3.74. The van der Waals surface area contributed by atoms with E-state index in [1.807, 2.05) is 32.1 Å². The van der Waals surface area contributed by atoms with Crippen molar-refractivity contribution in [2.45, 2.75) is 26.4 Å². The molecule has 1 N–H and O–H groups in total. The molecule has 2 aromatic carbocycles. The highest BCUT2D eigenvalue weighted by Crippen LogP contribution is 2.35. The van der Waals surface area contributed by atoms with Crippen molar-refractivity contribution in [1.29, 1.82) is 0 Å². The van der Waals surface area contributed by atoms with Crippen LogP contribution in [0.4, 0.5) is 14.7 Å². The molecular weight excluding hydrogens is 460 g/mol. The topological polar surface area (TPSA) is 54.7 Å². The molecule has 176 valence electrons. The lowest BCUT2D eigenvalue weighted by molar-refractivity contribution is 0.356. The molecule has 1 aliphatic heterocycles. The molecule has 0 atom stereocenters. The summed E-state index contributed by atoms with van der Waals surface area (Å²) in [6.45, 7) is 3.10. The fraction of sp³-hybridized carbons (Fsp3) is 0.280. The molecule has 5 rings (SSSR count). The first kappa shape index (κ1) is 22.6. The minimum Gasteiger partial charge on any atom is -0.493 e. The number of aryl methyl sites for hydroxylation is 1. The molecule has 0 radical (unpaired) electrons. The van der Waals surface area contributed by atoms with Gasteiger partial charge in [-0.2, -0.15) is 0 Å². The zero-order valence-corrected chi connectivity index (χ0v) is 19.9. The van der Waals surface area contributed by atoms with Crippen molar-refractivity contribution < 1.29 is 13.5 Å². The first-order valence-corrected chi connectivity index (χ1v) is 11.3. The van der Waals surface area contributed by atoms with Gasteiger partial charge in [0.2, 0.25) is 5.95 Å². The minimum atomic E-state index is -0.452. The predicted octanol–water partition coefficient (Wildman–Crippen LogP) is 5.24. The third-order valence-corrected chi connectivity index (χ3v) is 6.28. The molecule has 6 nitrogen and oxygen atoms in total. The summed E-state index contributed by atoms with van der Waals surface area (Å²) < 4.78 is 36.9. The van der Waals surface area contributed by atoms with E-state index in [-0.39, 0.29) is 17.4 Å². The Hall–Kier alpha value is -3.23. The van der Waals surface area contributed by atoms with Crippen LogP contribution in [0.3, 0.4) is 0 Å². The number of halogens is 3. The number of hydrogen-bond acceptors (Lipinski definition) is 5. The van der Waals surface area contributed by atoms with E-state index in [0.717, 1.165) is 17.0 Å². The van der Waals surface area contributed by atoms with Crippen molar-refractivity contribution in [2.24, 2.45) is 0 Å². The lowest BCUT2D eigenvalue weighted by Gasteiger charge is -2.15. The number of ether oxygens (including phenoxy) is 1. The van der Waals surface area contributed by atoms with Gasteiger partial charge in [0.05, 0.1) is 17.3 Å². The average Bonchev–Trinajstić information content (AvgIpc) is 3.43. The molecule has 34 heavy (non-hydrogen) atoms. The van der Waals surface area contributed by atoms with Crippen LogP contribution >= 0.6 is 11.6 Å². The van der Waals surface area contributed by atoms with Crippen LogP contribution < -0.4 is 10.1 Å². The van der Waals surface area contributed by atoms with Crippen molar-refractivity contribution in [3.8, 4) is 16.9 Å². The van der Waals surface area contributed by atoms with Gasteiger partial charge in [0, 0.05) is 59.7 Å². The summed E-state index contributed by atoms with van der Waals surface area (Å²) in [5.74, 6) is 0.481. The summed E-state index contributed by atoms with van der Waals surface area (Å²) in [4.78, 5) is 11.0. The Morgan fingerprint density at radius 2 is 2.00 bits per heavy atom. The van der Waals surface area contributed by atoms with Gasteiger partial charge < -0.3 is 15.0 Å². The van der Waals surface area contributed by atoms with E-state index in [1.54, 1.807) is 28.8 Å². The second kappa shape index (κ2) is 8.85. The molecule has 0 spiro atoms. The standard InChI is InChI=1S/C25H24ClF2N5O/c1-14-12-33-24(31-14)19(17-5-4-15(13-32(2)3)23(28)22(17)26)11-30-25(33)29-10-18-16-8-9-34-21(16)7-6-20(18)27/h4-7,11-12H,8-10,13H2,1-3H3,(H,29,30). The monoisotopic (exact) mass is 483 g/mol. The molecule has 0 amide bonds. The lowest BCUT2D eigenvalue weighted by Crippen LogP contribution is -2.12. The van der Waals surface area contributed by atoms with E-state index in [4.69, 9.17) is 16.3 Å². The van der Waals surface area contributed by atoms with Gasteiger partial charge in [-0.25, -0.2) is 18.7 Å². The summed E-state index contributed by atoms with van der Waals surface area (Å²) in [6.07, 6.45) is 4.11. The van der Waals surface area contributed by atoms with E-state index in [9.17, 15) is 8.78 Å². The SMILES string of the molecule is Cc1cn2c(NCc3c(F)ccc4c3CCO4)ncc(-c3ccc(CN(C)C)c(F)c3Cl)c2n1. The first-order valence-electron chi connectivity index (χ1n) is 11.0. The maximum Gasteiger partial charge on any atom is 0.208 e. The Bertz CT molecular complexity index is 1400. The zero-order chi connectivity index (χ0) is 24.0. The number of rotatable bonds is 6. The average molecular weight is 484 g/mol. The molecule has 4 aromatic rings. The normalized spacial score (nSPS) is 12.9. The number of nitrogens with one attached hydrogen (secondary N) is 1. The predicted molar refractivity (Wildman–Crippen MR) is 128 cm³/mol. The lowest BCUT2D eigenvalue weighted by atomic mass is 10.0. The molecule has 1 aliphatic rings. The van der Waals surface area contributed by atoms with Crippen LogP contribution in [0.2, 0.25) is 5.02 Å². The van der Waals surface area contributed by atoms with Gasteiger partial charge in [0.1, 0.15) is 23.0 Å². The van der Waals surface area contributed by atoms with Crippen LogP contribution in [-0.2, 0) is 19.5 Å². The van der Waals surface area contributed by atoms with Gasteiger partial charge in [-0.05, 0) is 33.2 Å². The molecular formula is C25H24ClF2N5O. The Morgan fingerprint density at radius 3 is 2.79 bits per heavy atom. The molecule has 0 fully saturated rings. The molecule has 3 heterocycles. The third-order valence-electron chi connectivity index (χ3n) is 5.91. The van der Waals surface area contributed by atoms with Crippen molar-refractivity contribution in [1.82, 2.24) is 19.3 Å². The van der Waals surface area contributed by atoms with Gasteiger partial charge in [-0.15, -0.1) is 0 Å². The van der Waals surface area contributed by atoms with Gasteiger partial charge in [-0.3, -0.25) is 4.40 Å². The van der Waals surface area contributed by atoms with Crippen LogP contribution in [-0.4, -0.2) is 40.0 Å². The van der Waals surface area contributed by atoms with Gasteiger partial charge in [0.15, 0.2) is 0 Å². The maximum absolute atomic E-state index is 15.0. The summed E-state index contributed by atoms with van der Waals surface area (Å²) in [6, 6.07) is 6.61. The molecule has 0 unspecified atom stereocenters. The number of hydrogen-bond donors (Lipinski definition) is 1. The number of fused-ring (bicyclic) bond motifs is 2. The van der Waals surface area contributed by atoms with Crippen molar-refractivity contribution in [3.05, 3.63) is 75.7 Å². The molecule has 0 saturated heterocycles. The van der Waals surface area contributed by atoms with Crippen molar-refractivity contribution in [3.63, 3.8) is 0 Å². The number of nitrogens with zero attached hydrogens (tertiary/aromatic N) is 4. The van der Waals surface area contributed by atoms with Gasteiger partial charge >= 0.3 is 0 Å². The highest BCUT2D eigenvalue weighted by atomic mass is 35.5. The fourth-order valence-electron chi connectivity index (χ4n) is 4.35. The molecule has 2 aromatic heterocycles. The number of anilines is 1. The van der Waals surface area contributed by atoms with E-state index in [1.165, 1.54) is 6.07 Å². The maximum atomic E-state index is 15.0. The number of aromatic nitrogens is 3. The van der Waals surface area contributed by atoms with Gasteiger partial charge in [-0.1, -0.05) is 23.7 Å². The Morgan fingerprint density at radius 1 is 1.18 bits per heavy atom. The molecule has 9 heteroatoms. The second-order valence-corrected chi connectivity index (χ2v) is 9.04. The van der Waals surface area contributed by atoms with Crippen molar-refractivity contribution >= 4 is 23.2 Å². The Labute approximate surface area is 201 Å². The van der Waals surface area contributed by atoms with Crippen LogP contribution in [0.15, 0.2) is 36.7 Å². The first-order chi connectivity index (χ1) is 16.3. The summed E-state index contributed by atoms with van der Waals surface area (Å²) in [5.41, 5.74) is 4.42. The molecule has 0 bridgehead atoms. The van der Waals surface area contributed by atoms with Crippen molar-refractivity contribution in [2.75, 3.05) is 26.0 Å².